The third kappa shape index (κ3) is 4.53. The Kier molecular flexibility index (Phi) is 5.75. The predicted molar refractivity (Wildman–Crippen MR) is 103 cm³/mol. The van der Waals surface area contributed by atoms with Gasteiger partial charge in [-0.05, 0) is 23.8 Å². The number of nitrogens with two attached hydrogens (primary N) is 1. The van der Waals surface area contributed by atoms with E-state index in [4.69, 9.17) is 17.3 Å². The van der Waals surface area contributed by atoms with Gasteiger partial charge in [0.05, 0.1) is 24.5 Å². The summed E-state index contributed by atoms with van der Waals surface area (Å²) >= 11 is 6.18. The lowest BCUT2D eigenvalue weighted by atomic mass is 10.2. The molecular weight excluding hydrogens is 352 g/mol. The molecule has 0 aliphatic carbocycles. The summed E-state index contributed by atoms with van der Waals surface area (Å²) in [4.78, 5) is 28.2. The second-order valence-corrected chi connectivity index (χ2v) is 6.66. The standard InChI is InChI=1S/C19H21ClN4O2/c20-15-6-2-1-5-14(15)11-23-9-10-24(19(26)13-23)12-18(25)22-17-8-4-3-7-16(17)21/h1-8H,9-13,21H2,(H,22,25). The second-order valence-electron chi connectivity index (χ2n) is 6.25. The summed E-state index contributed by atoms with van der Waals surface area (Å²) in [6.07, 6.45) is 0. The number of amides is 2. The molecule has 1 aliphatic rings. The van der Waals surface area contributed by atoms with Crippen LogP contribution in [0.4, 0.5) is 11.4 Å². The van der Waals surface area contributed by atoms with Crippen molar-refractivity contribution in [1.82, 2.24) is 9.80 Å². The van der Waals surface area contributed by atoms with E-state index in [2.05, 4.69) is 5.32 Å². The predicted octanol–water partition coefficient (Wildman–Crippen LogP) is 2.21. The molecule has 1 aliphatic heterocycles. The lowest BCUT2D eigenvalue weighted by Crippen LogP contribution is -2.51. The van der Waals surface area contributed by atoms with Crippen molar-refractivity contribution in [3.63, 3.8) is 0 Å². The highest BCUT2D eigenvalue weighted by Crippen LogP contribution is 2.19. The van der Waals surface area contributed by atoms with Gasteiger partial charge in [-0.25, -0.2) is 0 Å². The van der Waals surface area contributed by atoms with Crippen LogP contribution >= 0.6 is 11.6 Å². The zero-order valence-electron chi connectivity index (χ0n) is 14.3. The van der Waals surface area contributed by atoms with E-state index < -0.39 is 0 Å². The van der Waals surface area contributed by atoms with E-state index in [1.165, 1.54) is 0 Å². The van der Waals surface area contributed by atoms with Crippen molar-refractivity contribution in [1.29, 1.82) is 0 Å². The van der Waals surface area contributed by atoms with Crippen LogP contribution in [0.3, 0.4) is 0 Å². The zero-order valence-corrected chi connectivity index (χ0v) is 15.1. The SMILES string of the molecule is Nc1ccccc1NC(=O)CN1CCN(Cc2ccccc2Cl)CC1=O. The normalized spacial score (nSPS) is 15.1. The Bertz CT molecular complexity index is 812. The minimum Gasteiger partial charge on any atom is -0.397 e. The first kappa shape index (κ1) is 18.2. The Labute approximate surface area is 157 Å². The van der Waals surface area contributed by atoms with Gasteiger partial charge in [0.25, 0.3) is 0 Å². The molecule has 1 saturated heterocycles. The van der Waals surface area contributed by atoms with Crippen LogP contribution in [0, 0.1) is 0 Å². The van der Waals surface area contributed by atoms with Gasteiger partial charge in [0, 0.05) is 24.7 Å². The fourth-order valence-electron chi connectivity index (χ4n) is 2.90. The Morgan fingerprint density at radius 3 is 2.58 bits per heavy atom. The van der Waals surface area contributed by atoms with E-state index in [1.54, 1.807) is 29.2 Å². The van der Waals surface area contributed by atoms with Crippen LogP contribution in [0.2, 0.25) is 5.02 Å². The number of piperazine rings is 1. The van der Waals surface area contributed by atoms with E-state index >= 15 is 0 Å². The Morgan fingerprint density at radius 1 is 1.12 bits per heavy atom. The van der Waals surface area contributed by atoms with Gasteiger partial charge in [0.1, 0.15) is 0 Å². The number of nitrogens with one attached hydrogen (secondary N) is 1. The molecule has 2 aromatic carbocycles. The van der Waals surface area contributed by atoms with Gasteiger partial charge in [0.2, 0.25) is 11.8 Å². The van der Waals surface area contributed by atoms with Gasteiger partial charge in [-0.2, -0.15) is 0 Å². The minimum atomic E-state index is -0.254. The minimum absolute atomic E-state index is 0.0209. The molecule has 6 nitrogen and oxygen atoms in total. The summed E-state index contributed by atoms with van der Waals surface area (Å²) < 4.78 is 0. The quantitative estimate of drug-likeness (QED) is 0.789. The van der Waals surface area contributed by atoms with Crippen molar-refractivity contribution in [3.05, 3.63) is 59.1 Å². The topological polar surface area (TPSA) is 78.7 Å². The monoisotopic (exact) mass is 372 g/mol. The molecule has 26 heavy (non-hydrogen) atoms. The molecule has 0 unspecified atom stereocenters. The maximum absolute atomic E-state index is 12.4. The van der Waals surface area contributed by atoms with Crippen molar-refractivity contribution in [2.45, 2.75) is 6.54 Å². The van der Waals surface area contributed by atoms with Crippen LogP contribution in [0.15, 0.2) is 48.5 Å². The van der Waals surface area contributed by atoms with E-state index in [9.17, 15) is 9.59 Å². The number of nitrogen functional groups attached to an aromatic ring is 1. The number of rotatable bonds is 5. The van der Waals surface area contributed by atoms with Crippen molar-refractivity contribution >= 4 is 34.8 Å². The second kappa shape index (κ2) is 8.21. The van der Waals surface area contributed by atoms with Gasteiger partial charge < -0.3 is 16.0 Å². The molecule has 7 heteroatoms. The van der Waals surface area contributed by atoms with E-state index in [1.807, 2.05) is 29.2 Å². The smallest absolute Gasteiger partial charge is 0.244 e. The number of hydrogen-bond acceptors (Lipinski definition) is 4. The van der Waals surface area contributed by atoms with Crippen LogP contribution in [0.5, 0.6) is 0 Å². The number of hydrogen-bond donors (Lipinski definition) is 2. The van der Waals surface area contributed by atoms with Gasteiger partial charge >= 0.3 is 0 Å². The summed E-state index contributed by atoms with van der Waals surface area (Å²) in [6.45, 7) is 2.10. The molecule has 0 radical (unpaired) electrons. The molecule has 0 saturated carbocycles. The first-order chi connectivity index (χ1) is 12.5. The highest BCUT2D eigenvalue weighted by molar-refractivity contribution is 6.31. The number of benzene rings is 2. The third-order valence-electron chi connectivity index (χ3n) is 4.32. The lowest BCUT2D eigenvalue weighted by molar-refractivity contribution is -0.139. The highest BCUT2D eigenvalue weighted by atomic mass is 35.5. The number of carbonyl (C=O) groups is 2. The van der Waals surface area contributed by atoms with Crippen molar-refractivity contribution in [3.8, 4) is 0 Å². The number of halogens is 1. The summed E-state index contributed by atoms with van der Waals surface area (Å²) in [6, 6.07) is 14.7. The van der Waals surface area contributed by atoms with Gasteiger partial charge in [-0.15, -0.1) is 0 Å². The number of carbonyl (C=O) groups excluding carboxylic acids is 2. The maximum Gasteiger partial charge on any atom is 0.244 e. The molecule has 0 aromatic heterocycles. The van der Waals surface area contributed by atoms with E-state index in [0.29, 0.717) is 36.0 Å². The summed E-state index contributed by atoms with van der Waals surface area (Å²) in [5.74, 6) is -0.324. The first-order valence-corrected chi connectivity index (χ1v) is 8.78. The molecule has 0 spiro atoms. The molecule has 0 bridgehead atoms. The number of para-hydroxylation sites is 2. The fourth-order valence-corrected chi connectivity index (χ4v) is 3.10. The van der Waals surface area contributed by atoms with Crippen LogP contribution in [0.25, 0.3) is 0 Å². The molecule has 3 N–H and O–H groups in total. The molecule has 2 amide bonds. The Hall–Kier alpha value is -2.57. The lowest BCUT2D eigenvalue weighted by Gasteiger charge is -2.34. The number of nitrogens with zero attached hydrogens (tertiary/aromatic N) is 2. The maximum atomic E-state index is 12.4. The Morgan fingerprint density at radius 2 is 1.85 bits per heavy atom. The van der Waals surface area contributed by atoms with Crippen LogP contribution in [0.1, 0.15) is 5.56 Å². The third-order valence-corrected chi connectivity index (χ3v) is 4.69. The van der Waals surface area contributed by atoms with Gasteiger partial charge in [0.15, 0.2) is 0 Å². The van der Waals surface area contributed by atoms with E-state index in [0.717, 1.165) is 5.56 Å². The molecule has 0 atom stereocenters. The first-order valence-electron chi connectivity index (χ1n) is 8.41. The highest BCUT2D eigenvalue weighted by Gasteiger charge is 2.25. The van der Waals surface area contributed by atoms with Gasteiger partial charge in [-0.1, -0.05) is 41.9 Å². The average Bonchev–Trinajstić information content (AvgIpc) is 2.61. The summed E-state index contributed by atoms with van der Waals surface area (Å²) in [5, 5.41) is 3.44. The zero-order chi connectivity index (χ0) is 18.5. The molecule has 136 valence electrons. The largest absolute Gasteiger partial charge is 0.397 e. The molecular formula is C19H21ClN4O2. The summed E-state index contributed by atoms with van der Waals surface area (Å²) in [7, 11) is 0. The molecule has 2 aromatic rings. The van der Waals surface area contributed by atoms with Crippen molar-refractivity contribution in [2.75, 3.05) is 37.2 Å². The Balaban J connectivity index is 1.52. The van der Waals surface area contributed by atoms with Crippen molar-refractivity contribution < 1.29 is 9.59 Å². The van der Waals surface area contributed by atoms with Gasteiger partial charge in [-0.3, -0.25) is 14.5 Å². The average molecular weight is 373 g/mol. The van der Waals surface area contributed by atoms with E-state index in [-0.39, 0.29) is 24.9 Å². The van der Waals surface area contributed by atoms with Crippen LogP contribution in [-0.4, -0.2) is 47.8 Å². The molecule has 3 rings (SSSR count). The molecule has 1 fully saturated rings. The fraction of sp³-hybridized carbons (Fsp3) is 0.263. The number of anilines is 2. The summed E-state index contributed by atoms with van der Waals surface area (Å²) in [5.41, 5.74) is 7.87. The molecule has 1 heterocycles. The van der Waals surface area contributed by atoms with Crippen molar-refractivity contribution in [2.24, 2.45) is 0 Å². The van der Waals surface area contributed by atoms with Crippen LogP contribution < -0.4 is 11.1 Å². The van der Waals surface area contributed by atoms with Crippen LogP contribution in [-0.2, 0) is 16.1 Å².